The molecule has 0 amide bonds. The van der Waals surface area contributed by atoms with Gasteiger partial charge in [-0.15, -0.1) is 11.8 Å². The molecule has 2 atom stereocenters. The summed E-state index contributed by atoms with van der Waals surface area (Å²) >= 11 is 1.96. The highest BCUT2D eigenvalue weighted by Gasteiger charge is 2.14. The van der Waals surface area contributed by atoms with Crippen LogP contribution in [0.5, 0.6) is 0 Å². The van der Waals surface area contributed by atoms with E-state index in [9.17, 15) is 0 Å². The minimum absolute atomic E-state index is 0.583. The monoisotopic (exact) mass is 140 g/mol. The standard InChI is InChI=1S/C8H12S/c1-6(2)8-5-4-7(3)9-8/h4-5,7-8H,1H2,2-3H3. The molecule has 0 radical (unpaired) electrons. The Morgan fingerprint density at radius 2 is 2.22 bits per heavy atom. The first-order valence-electron chi connectivity index (χ1n) is 3.19. The highest BCUT2D eigenvalue weighted by Crippen LogP contribution is 2.30. The average molecular weight is 140 g/mol. The van der Waals surface area contributed by atoms with Gasteiger partial charge < -0.3 is 0 Å². The smallest absolute Gasteiger partial charge is 0.0437 e. The molecule has 0 aromatic heterocycles. The second kappa shape index (κ2) is 2.61. The largest absolute Gasteiger partial charge is 0.143 e. The number of rotatable bonds is 1. The van der Waals surface area contributed by atoms with E-state index in [0.717, 1.165) is 0 Å². The summed E-state index contributed by atoms with van der Waals surface area (Å²) in [5.74, 6) is 0. The molecule has 1 aliphatic heterocycles. The maximum atomic E-state index is 3.90. The third-order valence-electron chi connectivity index (χ3n) is 1.40. The van der Waals surface area contributed by atoms with Crippen molar-refractivity contribution in [3.8, 4) is 0 Å². The van der Waals surface area contributed by atoms with Crippen LogP contribution in [0.4, 0.5) is 0 Å². The van der Waals surface area contributed by atoms with Crippen LogP contribution >= 0.6 is 11.8 Å². The lowest BCUT2D eigenvalue weighted by Gasteiger charge is -2.06. The zero-order valence-electron chi connectivity index (χ0n) is 5.92. The molecular formula is C8H12S. The van der Waals surface area contributed by atoms with Crippen LogP contribution in [0.2, 0.25) is 0 Å². The lowest BCUT2D eigenvalue weighted by Crippen LogP contribution is -1.95. The van der Waals surface area contributed by atoms with Gasteiger partial charge in [0.15, 0.2) is 0 Å². The minimum Gasteiger partial charge on any atom is -0.143 e. The summed E-state index contributed by atoms with van der Waals surface area (Å²) in [6.07, 6.45) is 4.47. The molecule has 0 aromatic carbocycles. The molecule has 0 bridgehead atoms. The van der Waals surface area contributed by atoms with Crippen molar-refractivity contribution in [3.63, 3.8) is 0 Å². The van der Waals surface area contributed by atoms with Gasteiger partial charge >= 0.3 is 0 Å². The zero-order valence-corrected chi connectivity index (χ0v) is 6.74. The lowest BCUT2D eigenvalue weighted by atomic mass is 10.2. The topological polar surface area (TPSA) is 0 Å². The molecule has 0 nitrogen and oxygen atoms in total. The molecule has 0 saturated carbocycles. The number of thioether (sulfide) groups is 1. The Hall–Kier alpha value is -0.170. The molecule has 0 spiro atoms. The third-order valence-corrected chi connectivity index (χ3v) is 2.84. The number of hydrogen-bond acceptors (Lipinski definition) is 1. The fraction of sp³-hybridized carbons (Fsp3) is 0.500. The first-order chi connectivity index (χ1) is 4.20. The van der Waals surface area contributed by atoms with E-state index in [1.165, 1.54) is 5.57 Å². The molecular weight excluding hydrogens is 128 g/mol. The second-order valence-electron chi connectivity index (χ2n) is 2.49. The average Bonchev–Trinajstić information content (AvgIpc) is 2.14. The van der Waals surface area contributed by atoms with Crippen molar-refractivity contribution < 1.29 is 0 Å². The predicted molar refractivity (Wildman–Crippen MR) is 44.8 cm³/mol. The fourth-order valence-corrected chi connectivity index (χ4v) is 1.92. The summed E-state index contributed by atoms with van der Waals surface area (Å²) in [4.78, 5) is 0. The van der Waals surface area contributed by atoms with E-state index in [1.54, 1.807) is 0 Å². The summed E-state index contributed by atoms with van der Waals surface area (Å²) in [7, 11) is 0. The van der Waals surface area contributed by atoms with Crippen LogP contribution in [0.25, 0.3) is 0 Å². The van der Waals surface area contributed by atoms with Crippen molar-refractivity contribution >= 4 is 11.8 Å². The normalized spacial score (nSPS) is 33.1. The van der Waals surface area contributed by atoms with E-state index >= 15 is 0 Å². The molecule has 1 heterocycles. The first kappa shape index (κ1) is 6.94. The van der Waals surface area contributed by atoms with Crippen LogP contribution in [0.15, 0.2) is 24.3 Å². The summed E-state index contributed by atoms with van der Waals surface area (Å²) in [5.41, 5.74) is 1.26. The van der Waals surface area contributed by atoms with Gasteiger partial charge in [0.2, 0.25) is 0 Å². The lowest BCUT2D eigenvalue weighted by molar-refractivity contribution is 1.26. The fourth-order valence-electron chi connectivity index (χ4n) is 0.860. The van der Waals surface area contributed by atoms with E-state index in [-0.39, 0.29) is 0 Å². The zero-order chi connectivity index (χ0) is 6.85. The Kier molecular flexibility index (Phi) is 2.01. The Balaban J connectivity index is 2.50. The first-order valence-corrected chi connectivity index (χ1v) is 4.13. The van der Waals surface area contributed by atoms with Crippen LogP contribution in [0.3, 0.4) is 0 Å². The number of hydrogen-bond donors (Lipinski definition) is 0. The van der Waals surface area contributed by atoms with Crippen molar-refractivity contribution in [2.24, 2.45) is 0 Å². The van der Waals surface area contributed by atoms with E-state index in [2.05, 4.69) is 32.6 Å². The highest BCUT2D eigenvalue weighted by molar-refractivity contribution is 8.01. The third kappa shape index (κ3) is 1.62. The summed E-state index contributed by atoms with van der Waals surface area (Å²) < 4.78 is 0. The highest BCUT2D eigenvalue weighted by atomic mass is 32.2. The van der Waals surface area contributed by atoms with E-state index < -0.39 is 0 Å². The predicted octanol–water partition coefficient (Wildman–Crippen LogP) is 2.62. The van der Waals surface area contributed by atoms with Gasteiger partial charge in [-0.25, -0.2) is 0 Å². The summed E-state index contributed by atoms with van der Waals surface area (Å²) in [6.45, 7) is 8.20. The second-order valence-corrected chi connectivity index (χ2v) is 4.02. The molecule has 0 saturated heterocycles. The maximum Gasteiger partial charge on any atom is 0.0437 e. The summed E-state index contributed by atoms with van der Waals surface area (Å²) in [6, 6.07) is 0. The Morgan fingerprint density at radius 1 is 1.56 bits per heavy atom. The van der Waals surface area contributed by atoms with E-state index in [0.29, 0.717) is 10.5 Å². The molecule has 0 fully saturated rings. The molecule has 1 aliphatic rings. The molecule has 0 N–H and O–H groups in total. The van der Waals surface area contributed by atoms with E-state index in [4.69, 9.17) is 0 Å². The Morgan fingerprint density at radius 3 is 2.44 bits per heavy atom. The van der Waals surface area contributed by atoms with Crippen LogP contribution in [-0.2, 0) is 0 Å². The van der Waals surface area contributed by atoms with Gasteiger partial charge in [0, 0.05) is 10.5 Å². The minimum atomic E-state index is 0.583. The van der Waals surface area contributed by atoms with Crippen LogP contribution < -0.4 is 0 Å². The van der Waals surface area contributed by atoms with Gasteiger partial charge in [-0.05, 0) is 13.8 Å². The van der Waals surface area contributed by atoms with Gasteiger partial charge in [0.25, 0.3) is 0 Å². The van der Waals surface area contributed by atoms with Gasteiger partial charge in [0.1, 0.15) is 0 Å². The van der Waals surface area contributed by atoms with Crippen LogP contribution in [-0.4, -0.2) is 10.5 Å². The summed E-state index contributed by atoms with van der Waals surface area (Å²) in [5, 5.41) is 1.27. The van der Waals surface area contributed by atoms with Gasteiger partial charge in [0.05, 0.1) is 0 Å². The molecule has 9 heavy (non-hydrogen) atoms. The van der Waals surface area contributed by atoms with Crippen LogP contribution in [0, 0.1) is 0 Å². The van der Waals surface area contributed by atoms with Crippen molar-refractivity contribution in [2.45, 2.75) is 24.3 Å². The molecule has 2 unspecified atom stereocenters. The Bertz CT molecular complexity index is 147. The van der Waals surface area contributed by atoms with Crippen molar-refractivity contribution in [1.82, 2.24) is 0 Å². The quantitative estimate of drug-likeness (QED) is 0.504. The molecule has 0 aromatic rings. The van der Waals surface area contributed by atoms with Crippen molar-refractivity contribution in [1.29, 1.82) is 0 Å². The maximum absolute atomic E-state index is 3.90. The van der Waals surface area contributed by atoms with Crippen molar-refractivity contribution in [2.75, 3.05) is 0 Å². The molecule has 0 aliphatic carbocycles. The SMILES string of the molecule is C=C(C)C1C=CC(C)S1. The molecule has 1 heteroatoms. The van der Waals surface area contributed by atoms with Gasteiger partial charge in [-0.3, -0.25) is 0 Å². The van der Waals surface area contributed by atoms with Crippen molar-refractivity contribution in [3.05, 3.63) is 24.3 Å². The van der Waals surface area contributed by atoms with E-state index in [1.807, 2.05) is 11.8 Å². The van der Waals surface area contributed by atoms with Gasteiger partial charge in [-0.1, -0.05) is 24.3 Å². The molecule has 50 valence electrons. The Labute approximate surface area is 61.0 Å². The van der Waals surface area contributed by atoms with Crippen LogP contribution in [0.1, 0.15) is 13.8 Å². The van der Waals surface area contributed by atoms with Gasteiger partial charge in [-0.2, -0.15) is 0 Å². The molecule has 1 rings (SSSR count).